The van der Waals surface area contributed by atoms with E-state index in [0.717, 1.165) is 32.4 Å². The summed E-state index contributed by atoms with van der Waals surface area (Å²) in [5.41, 5.74) is 4.27. The van der Waals surface area contributed by atoms with Crippen LogP contribution in [0.25, 0.3) is 22.5 Å². The summed E-state index contributed by atoms with van der Waals surface area (Å²) >= 11 is 5.05. The first-order valence-electron chi connectivity index (χ1n) is 7.49. The molecule has 0 radical (unpaired) electrons. The molecule has 0 aliphatic heterocycles. The molecule has 4 aromatic rings. The maximum Gasteiger partial charge on any atom is 0.277 e. The van der Waals surface area contributed by atoms with E-state index in [0.29, 0.717) is 11.1 Å². The smallest absolute Gasteiger partial charge is 0.277 e. The van der Waals surface area contributed by atoms with Gasteiger partial charge >= 0.3 is 0 Å². The molecule has 2 aromatic carbocycles. The van der Waals surface area contributed by atoms with Gasteiger partial charge in [0.05, 0.1) is 0 Å². The summed E-state index contributed by atoms with van der Waals surface area (Å²) in [5.74, 6) is 1.33. The molecule has 1 N–H and O–H groups in total. The van der Waals surface area contributed by atoms with Crippen LogP contribution in [0.2, 0.25) is 0 Å². The molecule has 4 rings (SSSR count). The maximum atomic E-state index is 5.83. The third-order valence-corrected chi connectivity index (χ3v) is 5.23. The number of halogens is 1. The molecule has 6 heteroatoms. The van der Waals surface area contributed by atoms with E-state index >= 15 is 0 Å². The number of nitrogens with one attached hydrogen (secondary N) is 1. The van der Waals surface area contributed by atoms with Crippen molar-refractivity contribution >= 4 is 38.6 Å². The molecule has 0 aliphatic carbocycles. The molecule has 0 saturated carbocycles. The molecule has 2 heterocycles. The van der Waals surface area contributed by atoms with E-state index in [4.69, 9.17) is 4.42 Å². The Hall–Kier alpha value is -2.05. The van der Waals surface area contributed by atoms with Crippen molar-refractivity contribution in [1.82, 2.24) is 15.2 Å². The lowest BCUT2D eigenvalue weighted by Gasteiger charge is -1.96. The van der Waals surface area contributed by atoms with Crippen molar-refractivity contribution in [3.63, 3.8) is 0 Å². The Morgan fingerprint density at radius 3 is 2.79 bits per heavy atom. The Morgan fingerprint density at radius 2 is 1.96 bits per heavy atom. The van der Waals surface area contributed by atoms with Crippen LogP contribution in [-0.2, 0) is 5.75 Å². The predicted molar refractivity (Wildman–Crippen MR) is 100 cm³/mol. The van der Waals surface area contributed by atoms with Crippen LogP contribution >= 0.6 is 27.7 Å². The number of thioether (sulfide) groups is 1. The van der Waals surface area contributed by atoms with Crippen LogP contribution in [0.15, 0.2) is 62.6 Å². The second-order valence-electron chi connectivity index (χ2n) is 5.46. The molecule has 0 amide bonds. The van der Waals surface area contributed by atoms with E-state index in [1.54, 1.807) is 11.8 Å². The van der Waals surface area contributed by atoms with Crippen LogP contribution in [0.5, 0.6) is 0 Å². The zero-order valence-electron chi connectivity index (χ0n) is 12.9. The third kappa shape index (κ3) is 2.99. The average molecular weight is 400 g/mol. The van der Waals surface area contributed by atoms with Gasteiger partial charge in [-0.3, -0.25) is 0 Å². The monoisotopic (exact) mass is 399 g/mol. The third-order valence-electron chi connectivity index (χ3n) is 3.85. The molecule has 0 fully saturated rings. The highest BCUT2D eigenvalue weighted by Gasteiger charge is 2.16. The van der Waals surface area contributed by atoms with Crippen LogP contribution in [0, 0.1) is 6.92 Å². The lowest BCUT2D eigenvalue weighted by Crippen LogP contribution is -1.80. The van der Waals surface area contributed by atoms with Crippen molar-refractivity contribution in [3.8, 4) is 11.6 Å². The van der Waals surface area contributed by atoms with Crippen LogP contribution in [0.1, 0.15) is 11.1 Å². The van der Waals surface area contributed by atoms with Crippen molar-refractivity contribution in [2.24, 2.45) is 0 Å². The van der Waals surface area contributed by atoms with Crippen LogP contribution in [0.3, 0.4) is 0 Å². The molecule has 0 spiro atoms. The number of aromatic amines is 1. The summed E-state index contributed by atoms with van der Waals surface area (Å²) in [5, 5.41) is 10.1. The van der Waals surface area contributed by atoms with Gasteiger partial charge in [-0.2, -0.15) is 0 Å². The number of fused-ring (bicyclic) bond motifs is 1. The molecular formula is C18H14BrN3OS. The fourth-order valence-corrected chi connectivity index (χ4v) is 3.68. The first-order chi connectivity index (χ1) is 11.7. The fourth-order valence-electron chi connectivity index (χ4n) is 2.60. The van der Waals surface area contributed by atoms with Crippen molar-refractivity contribution in [2.45, 2.75) is 17.9 Å². The topological polar surface area (TPSA) is 54.7 Å². The number of hydrogen-bond acceptors (Lipinski definition) is 4. The summed E-state index contributed by atoms with van der Waals surface area (Å²) in [7, 11) is 0. The van der Waals surface area contributed by atoms with E-state index < -0.39 is 0 Å². The highest BCUT2D eigenvalue weighted by molar-refractivity contribution is 9.10. The quantitative estimate of drug-likeness (QED) is 0.455. The van der Waals surface area contributed by atoms with Gasteiger partial charge in [-0.1, -0.05) is 58.0 Å². The zero-order valence-corrected chi connectivity index (χ0v) is 15.3. The fraction of sp³-hybridized carbons (Fsp3) is 0.111. The normalized spacial score (nSPS) is 11.2. The number of hydrogen-bond donors (Lipinski definition) is 1. The van der Waals surface area contributed by atoms with Crippen molar-refractivity contribution in [3.05, 3.63) is 64.1 Å². The van der Waals surface area contributed by atoms with Crippen molar-refractivity contribution in [1.29, 1.82) is 0 Å². The largest absolute Gasteiger partial charge is 0.410 e. The summed E-state index contributed by atoms with van der Waals surface area (Å²) in [6.45, 7) is 2.06. The Bertz CT molecular complexity index is 994. The van der Waals surface area contributed by atoms with Gasteiger partial charge in [0.2, 0.25) is 0 Å². The van der Waals surface area contributed by atoms with Gasteiger partial charge in [0.15, 0.2) is 0 Å². The summed E-state index contributed by atoms with van der Waals surface area (Å²) in [6, 6.07) is 16.4. The Labute approximate surface area is 151 Å². The van der Waals surface area contributed by atoms with Gasteiger partial charge in [0, 0.05) is 21.1 Å². The van der Waals surface area contributed by atoms with Crippen LogP contribution < -0.4 is 0 Å². The summed E-state index contributed by atoms with van der Waals surface area (Å²) in [6.07, 6.45) is 0. The number of aromatic nitrogens is 3. The molecule has 0 saturated heterocycles. The summed E-state index contributed by atoms with van der Waals surface area (Å²) in [4.78, 5) is 3.37. The second kappa shape index (κ2) is 6.45. The van der Waals surface area contributed by atoms with Gasteiger partial charge < -0.3 is 9.40 Å². The average Bonchev–Trinajstić information content (AvgIpc) is 3.19. The molecule has 0 aliphatic rings. The SMILES string of the molecule is Cc1c(-c2nnc(SCc3ccccc3)o2)[nH]c2ccc(Br)cc12. The lowest BCUT2D eigenvalue weighted by atomic mass is 10.1. The molecule has 2 aromatic heterocycles. The molecule has 24 heavy (non-hydrogen) atoms. The van der Waals surface area contributed by atoms with Gasteiger partial charge in [-0.25, -0.2) is 0 Å². The van der Waals surface area contributed by atoms with Crippen molar-refractivity contribution < 1.29 is 4.42 Å². The molecular weight excluding hydrogens is 386 g/mol. The number of benzene rings is 2. The summed E-state index contributed by atoms with van der Waals surface area (Å²) < 4.78 is 6.88. The Balaban J connectivity index is 1.59. The van der Waals surface area contributed by atoms with Gasteiger partial charge in [-0.15, -0.1) is 10.2 Å². The minimum absolute atomic E-state index is 0.524. The number of nitrogens with zero attached hydrogens (tertiary/aromatic N) is 2. The maximum absolute atomic E-state index is 5.83. The number of H-pyrrole nitrogens is 1. The molecule has 0 atom stereocenters. The van der Waals surface area contributed by atoms with Crippen LogP contribution in [-0.4, -0.2) is 15.2 Å². The van der Waals surface area contributed by atoms with E-state index in [2.05, 4.69) is 56.2 Å². The lowest BCUT2D eigenvalue weighted by molar-refractivity contribution is 0.464. The molecule has 4 nitrogen and oxygen atoms in total. The molecule has 120 valence electrons. The van der Waals surface area contributed by atoms with Gasteiger partial charge in [0.1, 0.15) is 5.69 Å². The van der Waals surface area contributed by atoms with E-state index in [1.807, 2.05) is 30.3 Å². The molecule has 0 bridgehead atoms. The van der Waals surface area contributed by atoms with Crippen LogP contribution in [0.4, 0.5) is 0 Å². The molecule has 0 unspecified atom stereocenters. The second-order valence-corrected chi connectivity index (χ2v) is 7.30. The highest BCUT2D eigenvalue weighted by atomic mass is 79.9. The Morgan fingerprint density at radius 1 is 1.12 bits per heavy atom. The minimum Gasteiger partial charge on any atom is -0.410 e. The first kappa shape index (κ1) is 15.5. The van der Waals surface area contributed by atoms with Crippen molar-refractivity contribution in [2.75, 3.05) is 0 Å². The zero-order chi connectivity index (χ0) is 16.5. The van der Waals surface area contributed by atoms with E-state index in [9.17, 15) is 0 Å². The van der Waals surface area contributed by atoms with Gasteiger partial charge in [0.25, 0.3) is 11.1 Å². The minimum atomic E-state index is 0.524. The highest BCUT2D eigenvalue weighted by Crippen LogP contribution is 2.32. The first-order valence-corrected chi connectivity index (χ1v) is 9.27. The number of rotatable bonds is 4. The standard InChI is InChI=1S/C18H14BrN3OS/c1-11-14-9-13(19)7-8-15(14)20-16(11)17-21-22-18(23-17)24-10-12-5-3-2-4-6-12/h2-9,20H,10H2,1H3. The van der Waals surface area contributed by atoms with Gasteiger partial charge in [-0.05, 0) is 36.2 Å². The Kier molecular flexibility index (Phi) is 4.16. The predicted octanol–water partition coefficient (Wildman–Crippen LogP) is 5.58. The van der Waals surface area contributed by atoms with E-state index in [-0.39, 0.29) is 0 Å². The number of aryl methyl sites for hydroxylation is 1. The van der Waals surface area contributed by atoms with E-state index in [1.165, 1.54) is 5.56 Å².